The van der Waals surface area contributed by atoms with Crippen LogP contribution >= 0.6 is 11.3 Å². The molecule has 1 aliphatic rings. The predicted molar refractivity (Wildman–Crippen MR) is 102 cm³/mol. The maximum absolute atomic E-state index is 13.0. The van der Waals surface area contributed by atoms with Crippen molar-refractivity contribution in [3.63, 3.8) is 0 Å². The monoisotopic (exact) mass is 361 g/mol. The van der Waals surface area contributed by atoms with E-state index in [1.54, 1.807) is 36.6 Å². The third-order valence-corrected chi connectivity index (χ3v) is 4.79. The lowest BCUT2D eigenvalue weighted by Crippen LogP contribution is -2.25. The highest BCUT2D eigenvalue weighted by Gasteiger charge is 2.30. The summed E-state index contributed by atoms with van der Waals surface area (Å²) in [5.41, 5.74) is 1.95. The highest BCUT2D eigenvalue weighted by Crippen LogP contribution is 2.37. The molecule has 0 fully saturated rings. The molecule has 3 aromatic heterocycles. The van der Waals surface area contributed by atoms with Crippen molar-refractivity contribution in [3.05, 3.63) is 58.3 Å². The number of fused-ring (bicyclic) bond motifs is 2. The molecule has 0 saturated carbocycles. The van der Waals surface area contributed by atoms with E-state index >= 15 is 0 Å². The summed E-state index contributed by atoms with van der Waals surface area (Å²) in [6.45, 7) is 2.66. The van der Waals surface area contributed by atoms with Crippen LogP contribution in [-0.4, -0.2) is 34.5 Å². The number of amides is 1. The molecule has 128 valence electrons. The molecular weight excluding hydrogens is 346 g/mol. The molecule has 0 N–H and O–H groups in total. The summed E-state index contributed by atoms with van der Waals surface area (Å²) in [7, 11) is 1.75. The minimum Gasteiger partial charge on any atom is -0.309 e. The van der Waals surface area contributed by atoms with Crippen LogP contribution in [0.15, 0.2) is 42.2 Å². The molecule has 0 aromatic carbocycles. The van der Waals surface area contributed by atoms with Gasteiger partial charge in [0.25, 0.3) is 5.91 Å². The van der Waals surface area contributed by atoms with E-state index in [0.717, 1.165) is 16.5 Å². The minimum absolute atomic E-state index is 0.129. The van der Waals surface area contributed by atoms with Gasteiger partial charge in [-0.2, -0.15) is 0 Å². The van der Waals surface area contributed by atoms with Crippen LogP contribution in [0.5, 0.6) is 0 Å². The molecule has 6 nitrogen and oxygen atoms in total. The second-order valence-corrected chi connectivity index (χ2v) is 6.53. The molecular formula is C19H15N5OS. The topological polar surface area (TPSA) is 62.2 Å². The summed E-state index contributed by atoms with van der Waals surface area (Å²) in [5, 5.41) is 2.61. The second-order valence-electron chi connectivity index (χ2n) is 5.64. The Bertz CT molecular complexity index is 1040. The van der Waals surface area contributed by atoms with Gasteiger partial charge in [-0.3, -0.25) is 4.79 Å². The predicted octanol–water partition coefficient (Wildman–Crippen LogP) is 3.08. The van der Waals surface area contributed by atoms with Gasteiger partial charge in [0.05, 0.1) is 11.3 Å². The number of aromatic nitrogens is 3. The van der Waals surface area contributed by atoms with Crippen LogP contribution in [0.1, 0.15) is 27.9 Å². The fourth-order valence-corrected chi connectivity index (χ4v) is 3.34. The van der Waals surface area contributed by atoms with E-state index in [1.165, 1.54) is 11.3 Å². The normalized spacial score (nSPS) is 12.8. The SMILES string of the molecule is CCN1c2ncc(C#Cc3nccs3)cc2C(=O)N(C)c2cccnc21. The maximum atomic E-state index is 13.0. The van der Waals surface area contributed by atoms with Crippen molar-refractivity contribution in [3.8, 4) is 11.8 Å². The zero-order valence-electron chi connectivity index (χ0n) is 14.3. The van der Waals surface area contributed by atoms with Crippen molar-refractivity contribution < 1.29 is 4.79 Å². The molecule has 1 amide bonds. The molecule has 4 rings (SSSR count). The van der Waals surface area contributed by atoms with Gasteiger partial charge in [0.2, 0.25) is 0 Å². The van der Waals surface area contributed by atoms with Gasteiger partial charge in [-0.05, 0) is 31.0 Å². The van der Waals surface area contributed by atoms with Crippen molar-refractivity contribution in [1.82, 2.24) is 15.0 Å². The Labute approximate surface area is 155 Å². The zero-order valence-corrected chi connectivity index (χ0v) is 15.1. The van der Waals surface area contributed by atoms with E-state index in [4.69, 9.17) is 0 Å². The first-order valence-electron chi connectivity index (χ1n) is 8.11. The number of anilines is 3. The first-order valence-corrected chi connectivity index (χ1v) is 8.99. The van der Waals surface area contributed by atoms with Crippen LogP contribution in [0.3, 0.4) is 0 Å². The van der Waals surface area contributed by atoms with Crippen LogP contribution in [0, 0.1) is 11.8 Å². The number of carbonyl (C=O) groups excluding carboxylic acids is 1. The molecule has 0 radical (unpaired) electrons. The highest BCUT2D eigenvalue weighted by atomic mass is 32.1. The van der Waals surface area contributed by atoms with E-state index < -0.39 is 0 Å². The van der Waals surface area contributed by atoms with E-state index in [0.29, 0.717) is 23.5 Å². The summed E-state index contributed by atoms with van der Waals surface area (Å²) < 4.78 is 0. The van der Waals surface area contributed by atoms with Crippen molar-refractivity contribution in [2.45, 2.75) is 6.92 Å². The van der Waals surface area contributed by atoms with Gasteiger partial charge in [-0.25, -0.2) is 15.0 Å². The third-order valence-electron chi connectivity index (χ3n) is 4.10. The Kier molecular flexibility index (Phi) is 4.11. The molecule has 7 heteroatoms. The molecule has 4 heterocycles. The van der Waals surface area contributed by atoms with Gasteiger partial charge in [0.1, 0.15) is 5.82 Å². The van der Waals surface area contributed by atoms with Crippen molar-refractivity contribution in [1.29, 1.82) is 0 Å². The number of rotatable bonds is 1. The fraction of sp³-hybridized carbons (Fsp3) is 0.158. The van der Waals surface area contributed by atoms with Gasteiger partial charge >= 0.3 is 0 Å². The number of hydrogen-bond acceptors (Lipinski definition) is 6. The highest BCUT2D eigenvalue weighted by molar-refractivity contribution is 7.10. The fourth-order valence-electron chi connectivity index (χ4n) is 2.86. The Morgan fingerprint density at radius 1 is 1.15 bits per heavy atom. The van der Waals surface area contributed by atoms with E-state index in [9.17, 15) is 4.79 Å². The quantitative estimate of drug-likeness (QED) is 0.623. The Morgan fingerprint density at radius 3 is 2.81 bits per heavy atom. The molecule has 0 bridgehead atoms. The van der Waals surface area contributed by atoms with Crippen molar-refractivity contribution >= 4 is 34.6 Å². The van der Waals surface area contributed by atoms with Crippen LogP contribution < -0.4 is 9.80 Å². The van der Waals surface area contributed by atoms with Gasteiger partial charge in [-0.1, -0.05) is 5.92 Å². The third kappa shape index (κ3) is 2.70. The molecule has 0 unspecified atom stereocenters. The lowest BCUT2D eigenvalue weighted by atomic mass is 10.1. The summed E-state index contributed by atoms with van der Waals surface area (Å²) >= 11 is 1.47. The summed E-state index contributed by atoms with van der Waals surface area (Å²) in [4.78, 5) is 29.7. The van der Waals surface area contributed by atoms with Crippen LogP contribution in [0.4, 0.5) is 17.3 Å². The molecule has 3 aromatic rings. The molecule has 0 aliphatic carbocycles. The molecule has 26 heavy (non-hydrogen) atoms. The summed E-state index contributed by atoms with van der Waals surface area (Å²) in [5.74, 6) is 7.23. The van der Waals surface area contributed by atoms with Crippen molar-refractivity contribution in [2.75, 3.05) is 23.4 Å². The minimum atomic E-state index is -0.129. The molecule has 0 spiro atoms. The smallest absolute Gasteiger partial charge is 0.261 e. The number of thiazole rings is 1. The molecule has 1 aliphatic heterocycles. The average molecular weight is 361 g/mol. The summed E-state index contributed by atoms with van der Waals surface area (Å²) in [6.07, 6.45) is 5.12. The zero-order chi connectivity index (χ0) is 18.1. The van der Waals surface area contributed by atoms with Crippen LogP contribution in [-0.2, 0) is 0 Å². The number of pyridine rings is 2. The Balaban J connectivity index is 1.84. The first-order chi connectivity index (χ1) is 12.7. The second kappa shape index (κ2) is 6.58. The van der Waals surface area contributed by atoms with Gasteiger partial charge in [0, 0.05) is 43.1 Å². The van der Waals surface area contributed by atoms with Crippen molar-refractivity contribution in [2.24, 2.45) is 0 Å². The summed E-state index contributed by atoms with van der Waals surface area (Å²) in [6, 6.07) is 5.50. The molecule has 0 atom stereocenters. The van der Waals surface area contributed by atoms with E-state index in [1.807, 2.05) is 29.3 Å². The standard InChI is InChI=1S/C19H15N5OS/c1-3-24-17-14(19(25)23(2)15-5-4-8-21-18(15)24)11-13(12-22-17)6-7-16-20-9-10-26-16/h4-5,8-12H,3H2,1-2H3. The first kappa shape index (κ1) is 16.2. The number of hydrogen-bond donors (Lipinski definition) is 0. The van der Waals surface area contributed by atoms with E-state index in [2.05, 4.69) is 26.8 Å². The molecule has 0 saturated heterocycles. The Hall–Kier alpha value is -3.24. The van der Waals surface area contributed by atoms with Gasteiger partial charge < -0.3 is 9.80 Å². The number of nitrogens with zero attached hydrogens (tertiary/aromatic N) is 5. The lowest BCUT2D eigenvalue weighted by Gasteiger charge is -2.22. The van der Waals surface area contributed by atoms with Gasteiger partial charge in [0.15, 0.2) is 10.8 Å². The van der Waals surface area contributed by atoms with Crippen LogP contribution in [0.2, 0.25) is 0 Å². The average Bonchev–Trinajstić information content (AvgIpc) is 3.18. The van der Waals surface area contributed by atoms with E-state index in [-0.39, 0.29) is 5.91 Å². The Morgan fingerprint density at radius 2 is 2.04 bits per heavy atom. The maximum Gasteiger partial charge on any atom is 0.261 e. The number of carbonyl (C=O) groups is 1. The van der Waals surface area contributed by atoms with Gasteiger partial charge in [-0.15, -0.1) is 11.3 Å². The lowest BCUT2D eigenvalue weighted by molar-refractivity contribution is 0.0994. The largest absolute Gasteiger partial charge is 0.309 e. The van der Waals surface area contributed by atoms with Crippen LogP contribution in [0.25, 0.3) is 0 Å².